The fourth-order valence-electron chi connectivity index (χ4n) is 2.63. The first-order valence-electron chi connectivity index (χ1n) is 8.52. The number of benzene rings is 2. The third kappa shape index (κ3) is 4.68. The molecule has 0 radical (unpaired) electrons. The molecule has 0 bridgehead atoms. The smallest absolute Gasteiger partial charge is 0.273 e. The second kappa shape index (κ2) is 9.06. The summed E-state index contributed by atoms with van der Waals surface area (Å²) in [5.41, 5.74) is 1.38. The number of ether oxygens (including phenoxy) is 3. The maximum absolute atomic E-state index is 12.6. The van der Waals surface area contributed by atoms with Crippen molar-refractivity contribution in [1.29, 1.82) is 0 Å². The van der Waals surface area contributed by atoms with E-state index in [1.54, 1.807) is 56.0 Å². The van der Waals surface area contributed by atoms with Gasteiger partial charge in [-0.15, -0.1) is 11.3 Å². The van der Waals surface area contributed by atoms with Gasteiger partial charge in [-0.05, 0) is 63.8 Å². The molecule has 0 saturated carbocycles. The molecule has 154 valence electrons. The predicted octanol–water partition coefficient (Wildman–Crippen LogP) is 4.93. The van der Waals surface area contributed by atoms with Gasteiger partial charge in [-0.25, -0.2) is 8.42 Å². The van der Waals surface area contributed by atoms with Crippen LogP contribution in [0.5, 0.6) is 17.2 Å². The maximum atomic E-state index is 12.6. The molecule has 0 aliphatic heterocycles. The number of hydrogen-bond acceptors (Lipinski definition) is 6. The molecular weight excluding hydrogens is 478 g/mol. The Morgan fingerprint density at radius 2 is 1.72 bits per heavy atom. The Bertz CT molecular complexity index is 1070. The van der Waals surface area contributed by atoms with Gasteiger partial charge in [0.25, 0.3) is 10.0 Å². The Balaban J connectivity index is 1.73. The summed E-state index contributed by atoms with van der Waals surface area (Å²) >= 11 is 4.62. The zero-order valence-corrected chi connectivity index (χ0v) is 19.3. The Morgan fingerprint density at radius 1 is 1.03 bits per heavy atom. The van der Waals surface area contributed by atoms with Crippen LogP contribution >= 0.6 is 27.3 Å². The highest BCUT2D eigenvalue weighted by Crippen LogP contribution is 2.33. The maximum Gasteiger partial charge on any atom is 0.273 e. The summed E-state index contributed by atoms with van der Waals surface area (Å²) in [7, 11) is 1.16. The largest absolute Gasteiger partial charge is 0.496 e. The van der Waals surface area contributed by atoms with Gasteiger partial charge in [-0.1, -0.05) is 6.07 Å². The number of anilines is 1. The average molecular weight is 498 g/mol. The van der Waals surface area contributed by atoms with Crippen molar-refractivity contribution in [3.8, 4) is 17.2 Å². The van der Waals surface area contributed by atoms with E-state index in [9.17, 15) is 8.42 Å². The number of sulfonamides is 1. The Hall–Kier alpha value is -2.23. The number of nitrogens with zero attached hydrogens (tertiary/aromatic N) is 1. The van der Waals surface area contributed by atoms with Gasteiger partial charge in [0, 0.05) is 12.6 Å². The molecule has 0 N–H and O–H groups in total. The summed E-state index contributed by atoms with van der Waals surface area (Å²) in [4.78, 5) is 0. The first kappa shape index (κ1) is 21.5. The van der Waals surface area contributed by atoms with Gasteiger partial charge in [-0.3, -0.25) is 4.31 Å². The van der Waals surface area contributed by atoms with Crippen molar-refractivity contribution in [3.63, 3.8) is 0 Å². The van der Waals surface area contributed by atoms with E-state index in [1.165, 1.54) is 22.7 Å². The van der Waals surface area contributed by atoms with Crippen LogP contribution in [0.15, 0.2) is 62.6 Å². The lowest BCUT2D eigenvalue weighted by molar-refractivity contribution is 0.295. The van der Waals surface area contributed by atoms with Crippen molar-refractivity contribution < 1.29 is 22.6 Å². The molecule has 29 heavy (non-hydrogen) atoms. The van der Waals surface area contributed by atoms with E-state index < -0.39 is 10.0 Å². The Kier molecular flexibility index (Phi) is 6.71. The zero-order valence-electron chi connectivity index (χ0n) is 16.1. The molecule has 1 aromatic heterocycles. The average Bonchev–Trinajstić information content (AvgIpc) is 3.28. The molecule has 3 rings (SSSR count). The molecule has 0 amide bonds. The lowest BCUT2D eigenvalue weighted by Gasteiger charge is -2.19. The lowest BCUT2D eigenvalue weighted by Crippen LogP contribution is -2.25. The zero-order chi connectivity index (χ0) is 21.0. The van der Waals surface area contributed by atoms with Gasteiger partial charge >= 0.3 is 0 Å². The van der Waals surface area contributed by atoms with Crippen molar-refractivity contribution in [3.05, 3.63) is 63.9 Å². The molecule has 6 nitrogen and oxygen atoms in total. The molecule has 0 aliphatic rings. The fourth-order valence-corrected chi connectivity index (χ4v) is 5.47. The minimum atomic E-state index is -3.56. The van der Waals surface area contributed by atoms with Crippen LogP contribution in [0, 0.1) is 0 Å². The van der Waals surface area contributed by atoms with Gasteiger partial charge < -0.3 is 14.2 Å². The highest BCUT2D eigenvalue weighted by molar-refractivity contribution is 9.10. The third-order valence-corrected chi connectivity index (χ3v) is 8.04. The molecule has 0 fully saturated rings. The molecule has 9 heteroatoms. The van der Waals surface area contributed by atoms with Crippen molar-refractivity contribution in [2.45, 2.75) is 10.8 Å². The predicted molar refractivity (Wildman–Crippen MR) is 118 cm³/mol. The SMILES string of the molecule is COc1cc(COc2ccc(N(C)S(=O)(=O)c3cccs3)cc2)c(OC)cc1Br. The van der Waals surface area contributed by atoms with E-state index in [1.807, 2.05) is 12.1 Å². The van der Waals surface area contributed by atoms with E-state index in [0.29, 0.717) is 27.1 Å². The first-order valence-corrected chi connectivity index (χ1v) is 11.6. The quantitative estimate of drug-likeness (QED) is 0.441. The topological polar surface area (TPSA) is 65.1 Å². The van der Waals surface area contributed by atoms with E-state index in [2.05, 4.69) is 15.9 Å². The van der Waals surface area contributed by atoms with Crippen LogP contribution in [0.3, 0.4) is 0 Å². The van der Waals surface area contributed by atoms with E-state index in [0.717, 1.165) is 10.0 Å². The molecule has 2 aromatic carbocycles. The molecule has 0 spiro atoms. The summed E-state index contributed by atoms with van der Waals surface area (Å²) < 4.78 is 44.2. The minimum absolute atomic E-state index is 0.273. The van der Waals surface area contributed by atoms with Gasteiger partial charge in [0.15, 0.2) is 0 Å². The normalized spacial score (nSPS) is 11.2. The van der Waals surface area contributed by atoms with E-state index >= 15 is 0 Å². The number of halogens is 1. The molecule has 0 unspecified atom stereocenters. The van der Waals surface area contributed by atoms with E-state index in [-0.39, 0.29) is 6.61 Å². The molecule has 0 saturated heterocycles. The monoisotopic (exact) mass is 497 g/mol. The minimum Gasteiger partial charge on any atom is -0.496 e. The second-order valence-electron chi connectivity index (χ2n) is 5.99. The number of thiophene rings is 1. The molecule has 1 heterocycles. The number of methoxy groups -OCH3 is 2. The Morgan fingerprint density at radius 3 is 2.31 bits per heavy atom. The van der Waals surface area contributed by atoms with Gasteiger partial charge in [-0.2, -0.15) is 0 Å². The molecule has 3 aromatic rings. The van der Waals surface area contributed by atoms with Gasteiger partial charge in [0.05, 0.1) is 24.4 Å². The standard InChI is InChI=1S/C20H20BrNO5S2/c1-22(29(23,24)20-5-4-10-28-20)15-6-8-16(9-7-15)27-13-14-11-19(26-3)17(21)12-18(14)25-2/h4-12H,13H2,1-3H3. The van der Waals surface area contributed by atoms with Gasteiger partial charge in [0.1, 0.15) is 28.1 Å². The fraction of sp³-hybridized carbons (Fsp3) is 0.200. The summed E-state index contributed by atoms with van der Waals surface area (Å²) in [6.07, 6.45) is 0. The van der Waals surface area contributed by atoms with Crippen molar-refractivity contribution in [1.82, 2.24) is 0 Å². The van der Waals surface area contributed by atoms with Crippen molar-refractivity contribution >= 4 is 43.0 Å². The highest BCUT2D eigenvalue weighted by atomic mass is 79.9. The first-order chi connectivity index (χ1) is 13.9. The summed E-state index contributed by atoms with van der Waals surface area (Å²) in [6.45, 7) is 0.273. The van der Waals surface area contributed by atoms with Crippen LogP contribution in [-0.4, -0.2) is 29.7 Å². The van der Waals surface area contributed by atoms with Crippen LogP contribution in [0.4, 0.5) is 5.69 Å². The number of hydrogen-bond donors (Lipinski definition) is 0. The van der Waals surface area contributed by atoms with Crippen LogP contribution in [0.2, 0.25) is 0 Å². The summed E-state index contributed by atoms with van der Waals surface area (Å²) in [5.74, 6) is 1.97. The highest BCUT2D eigenvalue weighted by Gasteiger charge is 2.22. The second-order valence-corrected chi connectivity index (χ2v) is 9.98. The van der Waals surface area contributed by atoms with Crippen LogP contribution in [0.1, 0.15) is 5.56 Å². The van der Waals surface area contributed by atoms with Crippen LogP contribution < -0.4 is 18.5 Å². The van der Waals surface area contributed by atoms with Gasteiger partial charge in [0.2, 0.25) is 0 Å². The van der Waals surface area contributed by atoms with Crippen LogP contribution in [0.25, 0.3) is 0 Å². The number of rotatable bonds is 8. The molecule has 0 atom stereocenters. The summed E-state index contributed by atoms with van der Waals surface area (Å²) in [6, 6.07) is 13.9. The third-order valence-electron chi connectivity index (χ3n) is 4.26. The van der Waals surface area contributed by atoms with E-state index in [4.69, 9.17) is 14.2 Å². The van der Waals surface area contributed by atoms with Crippen molar-refractivity contribution in [2.24, 2.45) is 0 Å². The lowest BCUT2D eigenvalue weighted by atomic mass is 10.2. The summed E-state index contributed by atoms with van der Waals surface area (Å²) in [5, 5.41) is 1.74. The van der Waals surface area contributed by atoms with Crippen LogP contribution in [-0.2, 0) is 16.6 Å². The van der Waals surface area contributed by atoms with Crippen molar-refractivity contribution in [2.75, 3.05) is 25.6 Å². The molecular formula is C20H20BrNO5S2. The molecule has 0 aliphatic carbocycles. The Labute approximate surface area is 182 Å².